The van der Waals surface area contributed by atoms with Gasteiger partial charge in [0, 0.05) is 12.1 Å². The first kappa shape index (κ1) is 23.7. The van der Waals surface area contributed by atoms with Crippen LogP contribution in [0, 0.1) is 0 Å². The molecular weight excluding hydrogens is 400 g/mol. The van der Waals surface area contributed by atoms with E-state index >= 15 is 0 Å². The molecule has 2 rings (SSSR count). The summed E-state index contributed by atoms with van der Waals surface area (Å²) in [5, 5.41) is 14.2. The standard InChI is InChI=1S/C23H28N2O6/c1-23(2,3)31-22(29)25-19(21(27)28)13-14-20(26)24-17-9-11-18(12-10-17)30-15-16-7-5-4-6-8-16/h4-12,19H,13-15H2,1-3H3,(H,24,26)(H,25,29)(H,27,28)/t19-/m0/s1. The molecule has 0 spiro atoms. The lowest BCUT2D eigenvalue weighted by atomic mass is 10.1. The maximum absolute atomic E-state index is 12.2. The second kappa shape index (κ2) is 11.0. The van der Waals surface area contributed by atoms with Crippen molar-refractivity contribution in [3.63, 3.8) is 0 Å². The molecule has 2 aromatic carbocycles. The molecule has 0 heterocycles. The van der Waals surface area contributed by atoms with Gasteiger partial charge < -0.3 is 25.2 Å². The van der Waals surface area contributed by atoms with Crippen LogP contribution in [0.5, 0.6) is 5.75 Å². The van der Waals surface area contributed by atoms with Crippen molar-refractivity contribution in [2.24, 2.45) is 0 Å². The molecule has 1 atom stereocenters. The second-order valence-electron chi connectivity index (χ2n) is 7.92. The SMILES string of the molecule is CC(C)(C)OC(=O)N[C@@H](CCC(=O)Nc1ccc(OCc2ccccc2)cc1)C(=O)O. The summed E-state index contributed by atoms with van der Waals surface area (Å²) in [7, 11) is 0. The van der Waals surface area contributed by atoms with E-state index in [9.17, 15) is 19.5 Å². The van der Waals surface area contributed by atoms with E-state index in [1.165, 1.54) is 0 Å². The van der Waals surface area contributed by atoms with E-state index in [2.05, 4.69) is 10.6 Å². The number of aliphatic carboxylic acids is 1. The van der Waals surface area contributed by atoms with Crippen molar-refractivity contribution in [1.82, 2.24) is 5.32 Å². The fourth-order valence-electron chi connectivity index (χ4n) is 2.58. The highest BCUT2D eigenvalue weighted by Crippen LogP contribution is 2.17. The molecule has 0 aliphatic rings. The van der Waals surface area contributed by atoms with Gasteiger partial charge in [-0.15, -0.1) is 0 Å². The Morgan fingerprint density at radius 1 is 1.00 bits per heavy atom. The molecule has 166 valence electrons. The number of rotatable bonds is 9. The molecule has 0 saturated heterocycles. The fourth-order valence-corrected chi connectivity index (χ4v) is 2.58. The third-order valence-electron chi connectivity index (χ3n) is 4.04. The number of anilines is 1. The molecule has 31 heavy (non-hydrogen) atoms. The van der Waals surface area contributed by atoms with Crippen LogP contribution in [0.25, 0.3) is 0 Å². The van der Waals surface area contributed by atoms with E-state index in [1.807, 2.05) is 30.3 Å². The summed E-state index contributed by atoms with van der Waals surface area (Å²) in [5.74, 6) is -0.942. The van der Waals surface area contributed by atoms with Gasteiger partial charge in [-0.25, -0.2) is 9.59 Å². The fraction of sp³-hybridized carbons (Fsp3) is 0.348. The number of hydrogen-bond acceptors (Lipinski definition) is 5. The lowest BCUT2D eigenvalue weighted by Crippen LogP contribution is -2.43. The van der Waals surface area contributed by atoms with E-state index < -0.39 is 23.7 Å². The third-order valence-corrected chi connectivity index (χ3v) is 4.04. The minimum absolute atomic E-state index is 0.0708. The van der Waals surface area contributed by atoms with Crippen LogP contribution >= 0.6 is 0 Å². The Morgan fingerprint density at radius 3 is 2.23 bits per heavy atom. The molecular formula is C23H28N2O6. The van der Waals surface area contributed by atoms with Crippen molar-refractivity contribution in [2.45, 2.75) is 51.9 Å². The van der Waals surface area contributed by atoms with Crippen molar-refractivity contribution in [3.8, 4) is 5.75 Å². The monoisotopic (exact) mass is 428 g/mol. The second-order valence-corrected chi connectivity index (χ2v) is 7.92. The highest BCUT2D eigenvalue weighted by molar-refractivity contribution is 5.91. The Kier molecular flexibility index (Phi) is 8.43. The number of ether oxygens (including phenoxy) is 2. The molecule has 0 unspecified atom stereocenters. The Bertz CT molecular complexity index is 875. The van der Waals surface area contributed by atoms with Crippen LogP contribution < -0.4 is 15.4 Å². The highest BCUT2D eigenvalue weighted by atomic mass is 16.6. The summed E-state index contributed by atoms with van der Waals surface area (Å²) in [5.41, 5.74) is 0.860. The quantitative estimate of drug-likeness (QED) is 0.557. The number of carboxylic acid groups (broad SMARTS) is 1. The zero-order valence-electron chi connectivity index (χ0n) is 17.9. The molecule has 0 radical (unpaired) electrons. The molecule has 0 saturated carbocycles. The van der Waals surface area contributed by atoms with Crippen molar-refractivity contribution < 1.29 is 29.0 Å². The highest BCUT2D eigenvalue weighted by Gasteiger charge is 2.24. The van der Waals surface area contributed by atoms with E-state index in [-0.39, 0.29) is 18.7 Å². The zero-order valence-corrected chi connectivity index (χ0v) is 17.9. The van der Waals surface area contributed by atoms with Crippen LogP contribution in [0.3, 0.4) is 0 Å². The van der Waals surface area contributed by atoms with Gasteiger partial charge in [0.2, 0.25) is 5.91 Å². The van der Waals surface area contributed by atoms with Gasteiger partial charge in [-0.3, -0.25) is 4.79 Å². The molecule has 2 amide bonds. The molecule has 0 fully saturated rings. The number of nitrogens with one attached hydrogen (secondary N) is 2. The first-order chi connectivity index (χ1) is 14.6. The average Bonchev–Trinajstić information content (AvgIpc) is 2.70. The van der Waals surface area contributed by atoms with Gasteiger partial charge in [0.25, 0.3) is 0 Å². The minimum Gasteiger partial charge on any atom is -0.489 e. The number of carboxylic acids is 1. The summed E-state index contributed by atoms with van der Waals surface area (Å²) in [6.45, 7) is 5.46. The lowest BCUT2D eigenvalue weighted by molar-refractivity contribution is -0.139. The van der Waals surface area contributed by atoms with Crippen molar-refractivity contribution >= 4 is 23.7 Å². The molecule has 0 aliphatic carbocycles. The number of hydrogen-bond donors (Lipinski definition) is 3. The maximum atomic E-state index is 12.2. The molecule has 8 heteroatoms. The summed E-state index contributed by atoms with van der Waals surface area (Å²) in [4.78, 5) is 35.3. The summed E-state index contributed by atoms with van der Waals surface area (Å²) in [6.07, 6.45) is -0.996. The van der Waals surface area contributed by atoms with Gasteiger partial charge >= 0.3 is 12.1 Å². The van der Waals surface area contributed by atoms with Crippen LogP contribution in [0.1, 0.15) is 39.2 Å². The number of carbonyl (C=O) groups is 3. The Balaban J connectivity index is 1.80. The van der Waals surface area contributed by atoms with Gasteiger partial charge in [-0.1, -0.05) is 30.3 Å². The molecule has 8 nitrogen and oxygen atoms in total. The number of alkyl carbamates (subject to hydrolysis) is 1. The maximum Gasteiger partial charge on any atom is 0.408 e. The van der Waals surface area contributed by atoms with Gasteiger partial charge in [-0.05, 0) is 57.0 Å². The predicted octanol–water partition coefficient (Wildman–Crippen LogP) is 3.96. The smallest absolute Gasteiger partial charge is 0.408 e. The third kappa shape index (κ3) is 9.20. The van der Waals surface area contributed by atoms with E-state index in [0.29, 0.717) is 18.0 Å². The molecule has 0 bridgehead atoms. The van der Waals surface area contributed by atoms with Crippen LogP contribution in [0.15, 0.2) is 54.6 Å². The summed E-state index contributed by atoms with van der Waals surface area (Å²) < 4.78 is 10.8. The van der Waals surface area contributed by atoms with Crippen molar-refractivity contribution in [2.75, 3.05) is 5.32 Å². The first-order valence-electron chi connectivity index (χ1n) is 9.91. The molecule has 2 aromatic rings. The van der Waals surface area contributed by atoms with Crippen LogP contribution in [-0.4, -0.2) is 34.7 Å². The molecule has 3 N–H and O–H groups in total. The van der Waals surface area contributed by atoms with E-state index in [0.717, 1.165) is 5.56 Å². The summed E-state index contributed by atoms with van der Waals surface area (Å²) >= 11 is 0. The largest absolute Gasteiger partial charge is 0.489 e. The number of amides is 2. The first-order valence-corrected chi connectivity index (χ1v) is 9.91. The van der Waals surface area contributed by atoms with E-state index in [1.54, 1.807) is 45.0 Å². The molecule has 0 aromatic heterocycles. The van der Waals surface area contributed by atoms with Crippen LogP contribution in [-0.2, 0) is 20.9 Å². The van der Waals surface area contributed by atoms with E-state index in [4.69, 9.17) is 9.47 Å². The predicted molar refractivity (Wildman–Crippen MR) is 116 cm³/mol. The normalized spacial score (nSPS) is 11.8. The van der Waals surface area contributed by atoms with Gasteiger partial charge in [0.1, 0.15) is 24.0 Å². The van der Waals surface area contributed by atoms with Crippen molar-refractivity contribution in [3.05, 3.63) is 60.2 Å². The number of carbonyl (C=O) groups excluding carboxylic acids is 2. The van der Waals surface area contributed by atoms with Gasteiger partial charge in [0.05, 0.1) is 0 Å². The Morgan fingerprint density at radius 2 is 1.65 bits per heavy atom. The van der Waals surface area contributed by atoms with Crippen molar-refractivity contribution in [1.29, 1.82) is 0 Å². The summed E-state index contributed by atoms with van der Waals surface area (Å²) in [6, 6.07) is 15.4. The topological polar surface area (TPSA) is 114 Å². The Labute approximate surface area is 181 Å². The lowest BCUT2D eigenvalue weighted by Gasteiger charge is -2.21. The average molecular weight is 428 g/mol. The van der Waals surface area contributed by atoms with Gasteiger partial charge in [-0.2, -0.15) is 0 Å². The van der Waals surface area contributed by atoms with Crippen LogP contribution in [0.2, 0.25) is 0 Å². The zero-order chi connectivity index (χ0) is 22.9. The number of benzene rings is 2. The van der Waals surface area contributed by atoms with Crippen LogP contribution in [0.4, 0.5) is 10.5 Å². The minimum atomic E-state index is -1.24. The molecule has 0 aliphatic heterocycles. The Hall–Kier alpha value is -3.55. The van der Waals surface area contributed by atoms with Gasteiger partial charge in [0.15, 0.2) is 0 Å².